The normalized spacial score (nSPS) is 16.0. The number of thioether (sulfide) groups is 1. The van der Waals surface area contributed by atoms with E-state index in [1.54, 1.807) is 11.8 Å². The first-order chi connectivity index (χ1) is 15.1. The number of benzene rings is 2. The average molecular weight is 566 g/mol. The number of anilines is 1. The molecule has 0 radical (unpaired) electrons. The second-order valence-corrected chi connectivity index (χ2v) is 9.84. The first-order valence-electron chi connectivity index (χ1n) is 9.82. The van der Waals surface area contributed by atoms with Gasteiger partial charge < -0.3 is 19.5 Å². The van der Waals surface area contributed by atoms with Gasteiger partial charge in [0.2, 0.25) is 17.8 Å². The molecular formula is C21H18Br2N4O3S. The Kier molecular flexibility index (Phi) is 5.94. The van der Waals surface area contributed by atoms with Gasteiger partial charge in [-0.15, -0.1) is 10.2 Å². The van der Waals surface area contributed by atoms with Crippen molar-refractivity contribution in [3.63, 3.8) is 0 Å². The van der Waals surface area contributed by atoms with Gasteiger partial charge in [-0.25, -0.2) is 0 Å². The number of halogens is 2. The summed E-state index contributed by atoms with van der Waals surface area (Å²) in [4.78, 5) is 4.69. The number of fused-ring (bicyclic) bond motifs is 4. The van der Waals surface area contributed by atoms with Crippen molar-refractivity contribution in [2.45, 2.75) is 31.1 Å². The number of hydrogen-bond donors (Lipinski definition) is 1. The second-order valence-electron chi connectivity index (χ2n) is 7.01. The Morgan fingerprint density at radius 3 is 2.81 bits per heavy atom. The number of rotatable bonds is 5. The number of nitrogens with one attached hydrogen (secondary N) is 1. The molecule has 3 aromatic rings. The molecule has 1 N–H and O–H groups in total. The van der Waals surface area contributed by atoms with Crippen LogP contribution in [0.15, 0.2) is 44.4 Å². The van der Waals surface area contributed by atoms with Crippen molar-refractivity contribution in [3.8, 4) is 28.6 Å². The standard InChI is InChI=1S/C21H18Br2N4O3S/c1-2-3-6-31-21-25-20-18(26-27-21)13-7-11(22)4-5-15(13)24-19(30-20)12-8-16-17(9-14(12)23)29-10-28-16/h4-5,7-9,19,24H,2-3,6,10H2,1H3. The average Bonchev–Trinajstić information content (AvgIpc) is 3.15. The lowest BCUT2D eigenvalue weighted by Gasteiger charge is -2.21. The molecule has 0 fully saturated rings. The number of nitrogens with zero attached hydrogens (tertiary/aromatic N) is 3. The van der Waals surface area contributed by atoms with Gasteiger partial charge in [-0.1, -0.05) is 57.0 Å². The summed E-state index contributed by atoms with van der Waals surface area (Å²) < 4.78 is 19.2. The van der Waals surface area contributed by atoms with Crippen LogP contribution in [0.4, 0.5) is 5.69 Å². The van der Waals surface area contributed by atoms with Crippen molar-refractivity contribution in [3.05, 3.63) is 44.8 Å². The predicted molar refractivity (Wildman–Crippen MR) is 126 cm³/mol. The molecule has 0 saturated carbocycles. The number of hydrogen-bond acceptors (Lipinski definition) is 8. The largest absolute Gasteiger partial charge is 0.454 e. The lowest BCUT2D eigenvalue weighted by molar-refractivity contribution is 0.173. The lowest BCUT2D eigenvalue weighted by atomic mass is 10.1. The molecule has 1 aromatic heterocycles. The van der Waals surface area contributed by atoms with Crippen molar-refractivity contribution in [2.75, 3.05) is 17.9 Å². The molecule has 0 spiro atoms. The fraction of sp³-hybridized carbons (Fsp3) is 0.286. The van der Waals surface area contributed by atoms with Crippen molar-refractivity contribution in [1.29, 1.82) is 0 Å². The van der Waals surface area contributed by atoms with E-state index in [9.17, 15) is 0 Å². The van der Waals surface area contributed by atoms with E-state index < -0.39 is 6.23 Å². The Morgan fingerprint density at radius 1 is 1.13 bits per heavy atom. The number of aromatic nitrogens is 3. The van der Waals surface area contributed by atoms with E-state index in [1.807, 2.05) is 30.3 Å². The van der Waals surface area contributed by atoms with Gasteiger partial charge in [-0.3, -0.25) is 0 Å². The molecule has 0 saturated heterocycles. The smallest absolute Gasteiger partial charge is 0.247 e. The van der Waals surface area contributed by atoms with Gasteiger partial charge in [0.05, 0.1) is 0 Å². The molecule has 0 amide bonds. The fourth-order valence-corrected chi connectivity index (χ4v) is 5.07. The highest BCUT2D eigenvalue weighted by Gasteiger charge is 2.29. The van der Waals surface area contributed by atoms with Crippen molar-refractivity contribution < 1.29 is 14.2 Å². The molecule has 1 unspecified atom stereocenters. The van der Waals surface area contributed by atoms with Crippen LogP contribution in [-0.4, -0.2) is 27.7 Å². The van der Waals surface area contributed by atoms with Crippen LogP contribution in [0.25, 0.3) is 11.3 Å². The topological polar surface area (TPSA) is 78.4 Å². The first kappa shape index (κ1) is 20.8. The molecule has 160 valence electrons. The van der Waals surface area contributed by atoms with Gasteiger partial charge in [-0.2, -0.15) is 4.98 Å². The van der Waals surface area contributed by atoms with Crippen molar-refractivity contribution in [2.24, 2.45) is 0 Å². The lowest BCUT2D eigenvalue weighted by Crippen LogP contribution is -2.17. The Hall–Kier alpha value is -2.04. The van der Waals surface area contributed by atoms with E-state index in [4.69, 9.17) is 19.2 Å². The molecular weight excluding hydrogens is 548 g/mol. The number of ether oxygens (including phenoxy) is 3. The fourth-order valence-electron chi connectivity index (χ4n) is 3.31. The van der Waals surface area contributed by atoms with Gasteiger partial charge in [0.15, 0.2) is 23.4 Å². The molecule has 31 heavy (non-hydrogen) atoms. The highest BCUT2D eigenvalue weighted by Crippen LogP contribution is 2.44. The SMILES string of the molecule is CCCCSc1nnc2c(n1)OC(c1cc3c(cc1Br)OCO3)Nc1ccc(Br)cc1-2. The summed E-state index contributed by atoms with van der Waals surface area (Å²) in [7, 11) is 0. The highest BCUT2D eigenvalue weighted by molar-refractivity contribution is 9.10. The van der Waals surface area contributed by atoms with E-state index in [-0.39, 0.29) is 6.79 Å². The molecule has 3 heterocycles. The van der Waals surface area contributed by atoms with Crippen LogP contribution in [0.2, 0.25) is 0 Å². The van der Waals surface area contributed by atoms with E-state index in [0.29, 0.717) is 28.2 Å². The predicted octanol–water partition coefficient (Wildman–Crippen LogP) is 6.19. The van der Waals surface area contributed by atoms with Crippen LogP contribution in [-0.2, 0) is 0 Å². The number of unbranched alkanes of at least 4 members (excludes halogenated alkanes) is 1. The van der Waals surface area contributed by atoms with Crippen LogP contribution >= 0.6 is 43.6 Å². The van der Waals surface area contributed by atoms with Gasteiger partial charge in [0.25, 0.3) is 0 Å². The highest BCUT2D eigenvalue weighted by atomic mass is 79.9. The van der Waals surface area contributed by atoms with Crippen molar-refractivity contribution in [1.82, 2.24) is 15.2 Å². The van der Waals surface area contributed by atoms with Crippen LogP contribution in [0.1, 0.15) is 31.6 Å². The molecule has 2 aliphatic rings. The van der Waals surface area contributed by atoms with E-state index >= 15 is 0 Å². The zero-order valence-electron chi connectivity index (χ0n) is 16.5. The molecule has 7 nitrogen and oxygen atoms in total. The van der Waals surface area contributed by atoms with E-state index in [0.717, 1.165) is 44.4 Å². The monoisotopic (exact) mass is 564 g/mol. The van der Waals surface area contributed by atoms with Gasteiger partial charge in [0.1, 0.15) is 0 Å². The summed E-state index contributed by atoms with van der Waals surface area (Å²) in [5.41, 5.74) is 3.21. The molecule has 2 aliphatic heterocycles. The van der Waals surface area contributed by atoms with Crippen LogP contribution in [0.3, 0.4) is 0 Å². The zero-order valence-corrected chi connectivity index (χ0v) is 20.5. The van der Waals surface area contributed by atoms with Crippen molar-refractivity contribution >= 4 is 49.3 Å². The molecule has 1 atom stereocenters. The van der Waals surface area contributed by atoms with Crippen LogP contribution < -0.4 is 19.5 Å². The maximum Gasteiger partial charge on any atom is 0.247 e. The van der Waals surface area contributed by atoms with Gasteiger partial charge in [-0.05, 0) is 36.8 Å². The van der Waals surface area contributed by atoms with Crippen LogP contribution in [0, 0.1) is 0 Å². The summed E-state index contributed by atoms with van der Waals surface area (Å²) in [6.45, 7) is 2.37. The van der Waals surface area contributed by atoms with Crippen LogP contribution in [0.5, 0.6) is 17.4 Å². The van der Waals surface area contributed by atoms with E-state index in [1.165, 1.54) is 0 Å². The third-order valence-electron chi connectivity index (χ3n) is 4.89. The summed E-state index contributed by atoms with van der Waals surface area (Å²) in [5.74, 6) is 2.76. The maximum absolute atomic E-state index is 6.37. The second kappa shape index (κ2) is 8.84. The molecule has 5 rings (SSSR count). The maximum atomic E-state index is 6.37. The summed E-state index contributed by atoms with van der Waals surface area (Å²) in [6, 6.07) is 9.75. The summed E-state index contributed by atoms with van der Waals surface area (Å²) in [5, 5.41) is 12.9. The zero-order chi connectivity index (χ0) is 21.4. The molecule has 10 heteroatoms. The first-order valence-corrected chi connectivity index (χ1v) is 12.4. The summed E-state index contributed by atoms with van der Waals surface area (Å²) in [6.07, 6.45) is 1.69. The minimum atomic E-state index is -0.518. The third kappa shape index (κ3) is 4.20. The Balaban J connectivity index is 1.58. The Bertz CT molecular complexity index is 1150. The molecule has 0 bridgehead atoms. The van der Waals surface area contributed by atoms with Gasteiger partial charge >= 0.3 is 0 Å². The van der Waals surface area contributed by atoms with Gasteiger partial charge in [0, 0.05) is 31.5 Å². The summed E-state index contributed by atoms with van der Waals surface area (Å²) >= 11 is 8.78. The third-order valence-corrected chi connectivity index (χ3v) is 7.00. The minimum absolute atomic E-state index is 0.208. The van der Waals surface area contributed by atoms with E-state index in [2.05, 4.69) is 54.3 Å². The molecule has 0 aliphatic carbocycles. The quantitative estimate of drug-likeness (QED) is 0.290. The molecule has 2 aromatic carbocycles. The Labute approximate surface area is 200 Å². The minimum Gasteiger partial charge on any atom is -0.454 e. The Morgan fingerprint density at radius 2 is 1.97 bits per heavy atom.